The third-order valence-corrected chi connectivity index (χ3v) is 5.70. The van der Waals surface area contributed by atoms with Gasteiger partial charge in [-0.1, -0.05) is 23.7 Å². The Morgan fingerprint density at radius 2 is 1.97 bits per heavy atom. The van der Waals surface area contributed by atoms with Crippen LogP contribution in [0.15, 0.2) is 48.5 Å². The van der Waals surface area contributed by atoms with Crippen LogP contribution in [0.4, 0.5) is 14.9 Å². The highest BCUT2D eigenvalue weighted by Crippen LogP contribution is 2.30. The standard InChI is InChI=1S/C23H25ClFN3O3/c24-18-4-2-6-20(12-18)26-23(30)27-9-10-31-21(14-27)15-28(13-16-7-8-16)22(29)17-3-1-5-19(25)11-17/h1-6,11-12,16,21H,7-10,13-15H2,(H,26,30)/t21-/m0/s1. The van der Waals surface area contributed by atoms with Crippen LogP contribution in [0.25, 0.3) is 0 Å². The van der Waals surface area contributed by atoms with Gasteiger partial charge in [0.05, 0.1) is 19.3 Å². The Morgan fingerprint density at radius 1 is 1.16 bits per heavy atom. The van der Waals surface area contributed by atoms with E-state index in [1.165, 1.54) is 18.2 Å². The summed E-state index contributed by atoms with van der Waals surface area (Å²) in [6, 6.07) is 12.5. The molecular weight excluding hydrogens is 421 g/mol. The molecule has 2 aromatic carbocycles. The number of anilines is 1. The van der Waals surface area contributed by atoms with Crippen LogP contribution < -0.4 is 5.32 Å². The molecule has 1 atom stereocenters. The zero-order valence-corrected chi connectivity index (χ0v) is 17.9. The summed E-state index contributed by atoms with van der Waals surface area (Å²) in [6.45, 7) is 2.18. The third-order valence-electron chi connectivity index (χ3n) is 5.46. The predicted octanol–water partition coefficient (Wildman–Crippen LogP) is 4.26. The highest BCUT2D eigenvalue weighted by Gasteiger charge is 2.32. The van der Waals surface area contributed by atoms with E-state index in [2.05, 4.69) is 5.32 Å². The number of urea groups is 1. The molecule has 3 amide bonds. The minimum Gasteiger partial charge on any atom is -0.373 e. The van der Waals surface area contributed by atoms with Gasteiger partial charge >= 0.3 is 6.03 Å². The lowest BCUT2D eigenvalue weighted by molar-refractivity contribution is -0.0266. The van der Waals surface area contributed by atoms with Crippen LogP contribution >= 0.6 is 11.6 Å². The van der Waals surface area contributed by atoms with Crippen LogP contribution in [0.3, 0.4) is 0 Å². The van der Waals surface area contributed by atoms with Crippen molar-refractivity contribution in [3.8, 4) is 0 Å². The first-order valence-corrected chi connectivity index (χ1v) is 10.8. The first-order valence-electron chi connectivity index (χ1n) is 10.5. The SMILES string of the molecule is O=C(Nc1cccc(Cl)c1)N1CCO[C@H](CN(CC2CC2)C(=O)c2cccc(F)c2)C1. The maximum Gasteiger partial charge on any atom is 0.322 e. The zero-order chi connectivity index (χ0) is 21.8. The maximum atomic E-state index is 13.6. The Hall–Kier alpha value is -2.64. The molecule has 164 valence electrons. The average Bonchev–Trinajstić information content (AvgIpc) is 3.57. The van der Waals surface area contributed by atoms with Crippen molar-refractivity contribution in [1.82, 2.24) is 9.80 Å². The number of carbonyl (C=O) groups is 2. The molecule has 0 aromatic heterocycles. The number of ether oxygens (including phenoxy) is 1. The number of nitrogens with zero attached hydrogens (tertiary/aromatic N) is 2. The number of carbonyl (C=O) groups excluding carboxylic acids is 2. The van der Waals surface area contributed by atoms with Gasteiger partial charge in [0.1, 0.15) is 5.82 Å². The molecule has 1 saturated heterocycles. The highest BCUT2D eigenvalue weighted by atomic mass is 35.5. The second-order valence-electron chi connectivity index (χ2n) is 8.04. The topological polar surface area (TPSA) is 61.9 Å². The summed E-state index contributed by atoms with van der Waals surface area (Å²) < 4.78 is 19.5. The van der Waals surface area contributed by atoms with Gasteiger partial charge in [-0.05, 0) is 55.2 Å². The summed E-state index contributed by atoms with van der Waals surface area (Å²) in [5.74, 6) is -0.172. The van der Waals surface area contributed by atoms with Gasteiger partial charge in [0.15, 0.2) is 0 Å². The Bertz CT molecular complexity index is 953. The molecule has 4 rings (SSSR count). The van der Waals surface area contributed by atoms with Crippen LogP contribution in [0.5, 0.6) is 0 Å². The lowest BCUT2D eigenvalue weighted by Gasteiger charge is -2.36. The van der Waals surface area contributed by atoms with Crippen LogP contribution in [-0.4, -0.2) is 60.6 Å². The molecule has 2 aromatic rings. The molecule has 0 bridgehead atoms. The number of halogens is 2. The minimum atomic E-state index is -0.435. The molecule has 0 unspecified atom stereocenters. The van der Waals surface area contributed by atoms with Gasteiger partial charge in [0.2, 0.25) is 0 Å². The fourth-order valence-electron chi connectivity index (χ4n) is 3.69. The summed E-state index contributed by atoms with van der Waals surface area (Å²) >= 11 is 5.99. The number of hydrogen-bond donors (Lipinski definition) is 1. The molecular formula is C23H25ClFN3O3. The number of benzene rings is 2. The van der Waals surface area contributed by atoms with E-state index < -0.39 is 5.82 Å². The smallest absolute Gasteiger partial charge is 0.322 e. The maximum absolute atomic E-state index is 13.6. The van der Waals surface area contributed by atoms with Crippen molar-refractivity contribution in [3.63, 3.8) is 0 Å². The zero-order valence-electron chi connectivity index (χ0n) is 17.1. The number of nitrogens with one attached hydrogen (secondary N) is 1. The molecule has 1 aliphatic carbocycles. The molecule has 2 aliphatic rings. The molecule has 0 spiro atoms. The summed E-state index contributed by atoms with van der Waals surface area (Å²) in [5, 5.41) is 3.39. The van der Waals surface area contributed by atoms with E-state index >= 15 is 0 Å². The number of rotatable bonds is 6. The second kappa shape index (κ2) is 9.66. The van der Waals surface area contributed by atoms with Crippen LogP contribution in [-0.2, 0) is 4.74 Å². The molecule has 6 nitrogen and oxygen atoms in total. The molecule has 8 heteroatoms. The van der Waals surface area contributed by atoms with Crippen molar-refractivity contribution >= 4 is 29.2 Å². The first kappa shape index (κ1) is 21.6. The highest BCUT2D eigenvalue weighted by molar-refractivity contribution is 6.30. The van der Waals surface area contributed by atoms with E-state index in [-0.39, 0.29) is 18.0 Å². The molecule has 1 N–H and O–H groups in total. The van der Waals surface area contributed by atoms with Gasteiger partial charge in [-0.25, -0.2) is 9.18 Å². The van der Waals surface area contributed by atoms with Crippen molar-refractivity contribution in [2.24, 2.45) is 5.92 Å². The van der Waals surface area contributed by atoms with Crippen molar-refractivity contribution in [1.29, 1.82) is 0 Å². The number of amides is 3. The minimum absolute atomic E-state index is 0.212. The predicted molar refractivity (Wildman–Crippen MR) is 117 cm³/mol. The molecule has 1 aliphatic heterocycles. The van der Waals surface area contributed by atoms with E-state index in [4.69, 9.17) is 16.3 Å². The third kappa shape index (κ3) is 5.95. The number of hydrogen-bond acceptors (Lipinski definition) is 3. The molecule has 2 fully saturated rings. The Kier molecular flexibility index (Phi) is 6.73. The van der Waals surface area contributed by atoms with Crippen molar-refractivity contribution in [3.05, 3.63) is 64.9 Å². The Balaban J connectivity index is 1.40. The molecule has 1 saturated carbocycles. The van der Waals surface area contributed by atoms with Gasteiger partial charge in [-0.2, -0.15) is 0 Å². The van der Waals surface area contributed by atoms with Gasteiger partial charge in [0, 0.05) is 35.9 Å². The summed E-state index contributed by atoms with van der Waals surface area (Å²) in [7, 11) is 0. The normalized spacial score (nSPS) is 18.5. The largest absolute Gasteiger partial charge is 0.373 e. The Labute approximate surface area is 185 Å². The van der Waals surface area contributed by atoms with Crippen molar-refractivity contribution in [2.75, 3.05) is 38.1 Å². The van der Waals surface area contributed by atoms with E-state index in [0.717, 1.165) is 12.8 Å². The summed E-state index contributed by atoms with van der Waals surface area (Å²) in [6.07, 6.45) is 1.87. The summed E-state index contributed by atoms with van der Waals surface area (Å²) in [4.78, 5) is 29.1. The molecule has 0 radical (unpaired) electrons. The van der Waals surface area contributed by atoms with E-state index in [1.807, 2.05) is 0 Å². The monoisotopic (exact) mass is 445 g/mol. The molecule has 1 heterocycles. The van der Waals surface area contributed by atoms with E-state index in [1.54, 1.807) is 40.1 Å². The molecule has 31 heavy (non-hydrogen) atoms. The van der Waals surface area contributed by atoms with Crippen molar-refractivity contribution < 1.29 is 18.7 Å². The van der Waals surface area contributed by atoms with Gasteiger partial charge < -0.3 is 19.9 Å². The fourth-order valence-corrected chi connectivity index (χ4v) is 3.88. The summed E-state index contributed by atoms with van der Waals surface area (Å²) in [5.41, 5.74) is 0.948. The first-order chi connectivity index (χ1) is 15.0. The van der Waals surface area contributed by atoms with Gasteiger partial charge in [-0.15, -0.1) is 0 Å². The van der Waals surface area contributed by atoms with E-state index in [9.17, 15) is 14.0 Å². The fraction of sp³-hybridized carbons (Fsp3) is 0.391. The van der Waals surface area contributed by atoms with Gasteiger partial charge in [0.25, 0.3) is 5.91 Å². The van der Waals surface area contributed by atoms with Crippen LogP contribution in [0.2, 0.25) is 5.02 Å². The number of morpholine rings is 1. The van der Waals surface area contributed by atoms with E-state index in [0.29, 0.717) is 55.0 Å². The lowest BCUT2D eigenvalue weighted by atomic mass is 10.1. The second-order valence-corrected chi connectivity index (χ2v) is 8.48. The lowest BCUT2D eigenvalue weighted by Crippen LogP contribution is -2.51. The van der Waals surface area contributed by atoms with Crippen LogP contribution in [0.1, 0.15) is 23.2 Å². The quantitative estimate of drug-likeness (QED) is 0.722. The van der Waals surface area contributed by atoms with Gasteiger partial charge in [-0.3, -0.25) is 4.79 Å². The van der Waals surface area contributed by atoms with Crippen molar-refractivity contribution in [2.45, 2.75) is 18.9 Å². The average molecular weight is 446 g/mol. The Morgan fingerprint density at radius 3 is 2.71 bits per heavy atom. The van der Waals surface area contributed by atoms with Crippen LogP contribution in [0, 0.1) is 11.7 Å².